The van der Waals surface area contributed by atoms with Gasteiger partial charge in [0.15, 0.2) is 5.78 Å². The molecule has 0 unspecified atom stereocenters. The van der Waals surface area contributed by atoms with Gasteiger partial charge >= 0.3 is 0 Å². The van der Waals surface area contributed by atoms with E-state index in [1.54, 1.807) is 24.3 Å². The van der Waals surface area contributed by atoms with Crippen molar-refractivity contribution in [3.63, 3.8) is 0 Å². The molecular formula is C17H23NO3. The lowest BCUT2D eigenvalue weighted by Gasteiger charge is -2.40. The van der Waals surface area contributed by atoms with Crippen LogP contribution in [0.5, 0.6) is 0 Å². The summed E-state index contributed by atoms with van der Waals surface area (Å²) in [6.45, 7) is 5.16. The summed E-state index contributed by atoms with van der Waals surface area (Å²) in [6, 6.07) is 6.83. The van der Waals surface area contributed by atoms with E-state index in [0.717, 1.165) is 19.3 Å². The van der Waals surface area contributed by atoms with Crippen molar-refractivity contribution < 1.29 is 14.7 Å². The average molecular weight is 289 g/mol. The molecule has 1 amide bonds. The van der Waals surface area contributed by atoms with Crippen LogP contribution in [0.2, 0.25) is 0 Å². The fourth-order valence-corrected chi connectivity index (χ4v) is 2.84. The molecule has 0 bridgehead atoms. The van der Waals surface area contributed by atoms with Gasteiger partial charge in [0, 0.05) is 30.8 Å². The van der Waals surface area contributed by atoms with Crippen LogP contribution < -0.4 is 0 Å². The van der Waals surface area contributed by atoms with E-state index in [1.807, 2.05) is 4.90 Å². The van der Waals surface area contributed by atoms with Crippen molar-refractivity contribution in [3.05, 3.63) is 35.4 Å². The van der Waals surface area contributed by atoms with E-state index in [0.29, 0.717) is 24.2 Å². The van der Waals surface area contributed by atoms with Crippen molar-refractivity contribution in [1.82, 2.24) is 4.90 Å². The number of benzene rings is 1. The van der Waals surface area contributed by atoms with Gasteiger partial charge in [-0.15, -0.1) is 0 Å². The molecule has 0 saturated carbocycles. The zero-order valence-electron chi connectivity index (χ0n) is 12.8. The molecule has 0 spiro atoms. The number of carbonyl (C=O) groups is 2. The van der Waals surface area contributed by atoms with E-state index >= 15 is 0 Å². The molecule has 1 N–H and O–H groups in total. The maximum Gasteiger partial charge on any atom is 0.253 e. The van der Waals surface area contributed by atoms with Crippen LogP contribution in [-0.2, 0) is 0 Å². The van der Waals surface area contributed by atoms with Gasteiger partial charge in [-0.25, -0.2) is 0 Å². The number of likely N-dealkylation sites (tertiary alicyclic amines) is 1. The highest BCUT2D eigenvalue weighted by molar-refractivity contribution is 5.97. The molecule has 1 saturated heterocycles. The summed E-state index contributed by atoms with van der Waals surface area (Å²) in [5, 5.41) is 9.53. The number of aliphatic hydroxyl groups is 1. The van der Waals surface area contributed by atoms with Crippen LogP contribution in [0.15, 0.2) is 24.3 Å². The molecule has 1 heterocycles. The third-order valence-corrected chi connectivity index (χ3v) is 4.74. The zero-order valence-corrected chi connectivity index (χ0v) is 12.8. The number of Topliss-reactive ketones (excluding diaryl/α,β-unsaturated/α-hetero) is 1. The topological polar surface area (TPSA) is 57.6 Å². The molecule has 21 heavy (non-hydrogen) atoms. The van der Waals surface area contributed by atoms with Crippen molar-refractivity contribution in [2.45, 2.75) is 33.1 Å². The standard InChI is InChI=1S/C17H23NO3/c1-3-17(12-19)8-10-18(11-9-17)16(21)15-6-4-14(5-7-15)13(2)20/h4-7,19H,3,8-12H2,1-2H3. The van der Waals surface area contributed by atoms with E-state index in [1.165, 1.54) is 6.92 Å². The summed E-state index contributed by atoms with van der Waals surface area (Å²) in [7, 11) is 0. The SMILES string of the molecule is CCC1(CO)CCN(C(=O)c2ccc(C(C)=O)cc2)CC1. The van der Waals surface area contributed by atoms with Gasteiger partial charge < -0.3 is 10.0 Å². The molecule has 114 valence electrons. The van der Waals surface area contributed by atoms with Crippen molar-refractivity contribution in [2.24, 2.45) is 5.41 Å². The Morgan fingerprint density at radius 1 is 1.14 bits per heavy atom. The lowest BCUT2D eigenvalue weighted by atomic mass is 9.77. The van der Waals surface area contributed by atoms with Crippen LogP contribution in [0.4, 0.5) is 0 Å². The second-order valence-electron chi connectivity index (χ2n) is 5.94. The third-order valence-electron chi connectivity index (χ3n) is 4.74. The largest absolute Gasteiger partial charge is 0.396 e. The number of piperidine rings is 1. The third kappa shape index (κ3) is 3.32. The van der Waals surface area contributed by atoms with Gasteiger partial charge in [-0.1, -0.05) is 19.1 Å². The predicted molar refractivity (Wildman–Crippen MR) is 81.4 cm³/mol. The summed E-state index contributed by atoms with van der Waals surface area (Å²) in [5.74, 6) is 0.00962. The fraction of sp³-hybridized carbons (Fsp3) is 0.529. The van der Waals surface area contributed by atoms with Crippen molar-refractivity contribution in [1.29, 1.82) is 0 Å². The monoisotopic (exact) mass is 289 g/mol. The van der Waals surface area contributed by atoms with Gasteiger partial charge in [-0.05, 0) is 43.7 Å². The molecule has 4 heteroatoms. The number of rotatable bonds is 4. The number of carbonyl (C=O) groups excluding carboxylic acids is 2. The molecule has 0 radical (unpaired) electrons. The van der Waals surface area contributed by atoms with Gasteiger partial charge in [-0.3, -0.25) is 9.59 Å². The number of ketones is 1. The fourth-order valence-electron chi connectivity index (χ4n) is 2.84. The molecule has 1 aromatic rings. The van der Waals surface area contributed by atoms with Crippen LogP contribution >= 0.6 is 0 Å². The molecule has 2 rings (SSSR count). The highest BCUT2D eigenvalue weighted by Crippen LogP contribution is 2.34. The predicted octanol–water partition coefficient (Wildman–Crippen LogP) is 2.51. The van der Waals surface area contributed by atoms with E-state index in [-0.39, 0.29) is 23.7 Å². The van der Waals surface area contributed by atoms with Gasteiger partial charge in [0.25, 0.3) is 5.91 Å². The molecule has 0 atom stereocenters. The van der Waals surface area contributed by atoms with Crippen LogP contribution in [0.3, 0.4) is 0 Å². The Morgan fingerprint density at radius 2 is 1.67 bits per heavy atom. The lowest BCUT2D eigenvalue weighted by Crippen LogP contribution is -2.44. The van der Waals surface area contributed by atoms with Crippen LogP contribution in [-0.4, -0.2) is 41.4 Å². The minimum atomic E-state index is -0.0186. The number of nitrogens with zero attached hydrogens (tertiary/aromatic N) is 1. The molecule has 1 aliphatic heterocycles. The van der Waals surface area contributed by atoms with E-state index < -0.39 is 0 Å². The summed E-state index contributed by atoms with van der Waals surface area (Å²) in [4.78, 5) is 25.5. The Kier molecular flexibility index (Phi) is 4.78. The molecule has 1 aliphatic rings. The number of hydrogen-bond acceptors (Lipinski definition) is 3. The lowest BCUT2D eigenvalue weighted by molar-refractivity contribution is 0.0338. The number of hydrogen-bond donors (Lipinski definition) is 1. The smallest absolute Gasteiger partial charge is 0.253 e. The molecule has 1 aromatic carbocycles. The molecule has 4 nitrogen and oxygen atoms in total. The van der Waals surface area contributed by atoms with Gasteiger partial charge in [0.05, 0.1) is 0 Å². The summed E-state index contributed by atoms with van der Waals surface area (Å²) in [5.41, 5.74) is 1.22. The number of aliphatic hydroxyl groups excluding tert-OH is 1. The Labute approximate surface area is 125 Å². The van der Waals surface area contributed by atoms with E-state index in [2.05, 4.69) is 6.92 Å². The van der Waals surface area contributed by atoms with E-state index in [9.17, 15) is 14.7 Å². The van der Waals surface area contributed by atoms with Crippen molar-refractivity contribution in [3.8, 4) is 0 Å². The first kappa shape index (κ1) is 15.7. The first-order valence-corrected chi connectivity index (χ1v) is 7.52. The highest BCUT2D eigenvalue weighted by Gasteiger charge is 2.34. The Hall–Kier alpha value is -1.68. The van der Waals surface area contributed by atoms with Crippen LogP contribution in [0, 0.1) is 5.41 Å². The van der Waals surface area contributed by atoms with Crippen molar-refractivity contribution in [2.75, 3.05) is 19.7 Å². The first-order valence-electron chi connectivity index (χ1n) is 7.52. The Balaban J connectivity index is 2.03. The molecule has 0 aliphatic carbocycles. The minimum Gasteiger partial charge on any atom is -0.396 e. The van der Waals surface area contributed by atoms with Crippen molar-refractivity contribution >= 4 is 11.7 Å². The Bertz CT molecular complexity index is 507. The van der Waals surface area contributed by atoms with Crippen LogP contribution in [0.1, 0.15) is 53.8 Å². The molecule has 0 aromatic heterocycles. The maximum atomic E-state index is 12.4. The normalized spacial score (nSPS) is 17.6. The quantitative estimate of drug-likeness (QED) is 0.866. The summed E-state index contributed by atoms with van der Waals surface area (Å²) >= 11 is 0. The van der Waals surface area contributed by atoms with E-state index in [4.69, 9.17) is 0 Å². The van der Waals surface area contributed by atoms with Gasteiger partial charge in [-0.2, -0.15) is 0 Å². The van der Waals surface area contributed by atoms with Gasteiger partial charge in [0.2, 0.25) is 0 Å². The Morgan fingerprint density at radius 3 is 2.10 bits per heavy atom. The first-order chi connectivity index (χ1) is 10.0. The molecule has 1 fully saturated rings. The highest BCUT2D eigenvalue weighted by atomic mass is 16.3. The second kappa shape index (κ2) is 6.39. The van der Waals surface area contributed by atoms with Crippen LogP contribution in [0.25, 0.3) is 0 Å². The maximum absolute atomic E-state index is 12.4. The number of amides is 1. The summed E-state index contributed by atoms with van der Waals surface area (Å²) in [6.07, 6.45) is 2.63. The molecular weight excluding hydrogens is 266 g/mol. The zero-order chi connectivity index (χ0) is 15.5. The average Bonchev–Trinajstić information content (AvgIpc) is 2.54. The van der Waals surface area contributed by atoms with Gasteiger partial charge in [0.1, 0.15) is 0 Å². The second-order valence-corrected chi connectivity index (χ2v) is 5.94. The minimum absolute atomic E-state index is 0.00245. The summed E-state index contributed by atoms with van der Waals surface area (Å²) < 4.78 is 0.